The number of aliphatic carboxylic acids is 1. The standard InChI is InChI=1S/C22H23N3O5/c1-13(2)10-16(23)21(27)25-12-14(15-6-3-4-7-18(15)25)11-17(22(28)29)24-20(26)19-8-5-9-30-19/h3-9,11-13,16H,10,23H2,1-2H3,(H,24,26)(H,28,29). The highest BCUT2D eigenvalue weighted by Crippen LogP contribution is 2.26. The van der Waals surface area contributed by atoms with Gasteiger partial charge in [-0.05, 0) is 36.1 Å². The second-order valence-corrected chi connectivity index (χ2v) is 7.34. The van der Waals surface area contributed by atoms with Crippen molar-refractivity contribution in [1.82, 2.24) is 9.88 Å². The van der Waals surface area contributed by atoms with E-state index in [0.717, 1.165) is 0 Å². The summed E-state index contributed by atoms with van der Waals surface area (Å²) < 4.78 is 6.43. The van der Waals surface area contributed by atoms with E-state index < -0.39 is 17.9 Å². The van der Waals surface area contributed by atoms with Crippen molar-refractivity contribution >= 4 is 28.7 Å². The van der Waals surface area contributed by atoms with Crippen LogP contribution in [0.2, 0.25) is 0 Å². The predicted molar refractivity (Wildman–Crippen MR) is 110 cm³/mol. The number of furan rings is 1. The Hall–Kier alpha value is -3.39. The lowest BCUT2D eigenvalue weighted by atomic mass is 10.0. The van der Waals surface area contributed by atoms with Gasteiger partial charge in [0.2, 0.25) is 5.91 Å². The van der Waals surface area contributed by atoms with Crippen molar-refractivity contribution in [2.75, 3.05) is 0 Å². The summed E-state index contributed by atoms with van der Waals surface area (Å²) in [6.45, 7) is 3.96. The predicted octanol–water partition coefficient (Wildman–Crippen LogP) is 2.85. The molecule has 0 aliphatic rings. The fraction of sp³-hybridized carbons (Fsp3) is 0.227. The van der Waals surface area contributed by atoms with E-state index >= 15 is 0 Å². The molecule has 2 heterocycles. The van der Waals surface area contributed by atoms with Crippen LogP contribution in [0, 0.1) is 18.4 Å². The molecule has 0 aliphatic heterocycles. The Morgan fingerprint density at radius 2 is 1.93 bits per heavy atom. The number of nitrogens with two attached hydrogens (primary N) is 1. The van der Waals surface area contributed by atoms with Crippen molar-refractivity contribution in [1.29, 1.82) is 0 Å². The zero-order valence-corrected chi connectivity index (χ0v) is 16.7. The van der Waals surface area contributed by atoms with Gasteiger partial charge in [-0.1, -0.05) is 32.0 Å². The first-order valence-electron chi connectivity index (χ1n) is 9.47. The quantitative estimate of drug-likeness (QED) is 0.525. The molecule has 1 unspecified atom stereocenters. The average molecular weight is 409 g/mol. The molecule has 1 amide bonds. The summed E-state index contributed by atoms with van der Waals surface area (Å²) in [6, 6.07) is 9.01. The normalized spacial score (nSPS) is 12.4. The molecular formula is C22H23N3O5. The first-order valence-corrected chi connectivity index (χ1v) is 9.47. The molecule has 1 aromatic carbocycles. The molecule has 8 nitrogen and oxygen atoms in total. The highest BCUT2D eigenvalue weighted by Gasteiger charge is 2.27. The van der Waals surface area contributed by atoms with Crippen LogP contribution in [-0.2, 0) is 4.79 Å². The number of carboxylic acid groups (broad SMARTS) is 1. The average Bonchev–Trinajstić information content (AvgIpc) is 3.35. The molecule has 3 rings (SSSR count). The summed E-state index contributed by atoms with van der Waals surface area (Å²) in [5.74, 6) is -2.06. The minimum atomic E-state index is -1.32. The van der Waals surface area contributed by atoms with E-state index in [0.29, 0.717) is 22.9 Å². The van der Waals surface area contributed by atoms with Crippen LogP contribution in [-0.4, -0.2) is 33.5 Å². The van der Waals surface area contributed by atoms with Crippen molar-refractivity contribution in [2.24, 2.45) is 11.7 Å². The molecule has 1 atom stereocenters. The third-order valence-corrected chi connectivity index (χ3v) is 4.55. The maximum atomic E-state index is 12.9. The van der Waals surface area contributed by atoms with Crippen LogP contribution in [0.4, 0.5) is 0 Å². The number of nitrogens with one attached hydrogen (secondary N) is 1. The van der Waals surface area contributed by atoms with Crippen molar-refractivity contribution in [3.63, 3.8) is 0 Å². The molecule has 0 fully saturated rings. The molecule has 0 saturated heterocycles. The monoisotopic (exact) mass is 409 g/mol. The van der Waals surface area contributed by atoms with Gasteiger partial charge in [0.15, 0.2) is 11.8 Å². The smallest absolute Gasteiger partial charge is 0.333 e. The number of carbonyl (C=O) groups is 3. The Morgan fingerprint density at radius 1 is 1.20 bits per heavy atom. The van der Waals surface area contributed by atoms with E-state index in [9.17, 15) is 19.5 Å². The van der Waals surface area contributed by atoms with Gasteiger partial charge in [-0.15, -0.1) is 0 Å². The number of rotatable bonds is 8. The Morgan fingerprint density at radius 3 is 2.57 bits per heavy atom. The molecule has 3 aromatic rings. The second kappa shape index (κ2) is 8.96. The van der Waals surface area contributed by atoms with Gasteiger partial charge < -0.3 is 20.6 Å². The van der Waals surface area contributed by atoms with Gasteiger partial charge in [0, 0.05) is 18.0 Å². The number of fused-ring (bicyclic) bond motifs is 1. The van der Waals surface area contributed by atoms with Crippen LogP contribution in [0.25, 0.3) is 10.9 Å². The van der Waals surface area contributed by atoms with Crippen molar-refractivity contribution in [3.05, 3.63) is 72.6 Å². The molecule has 8 heteroatoms. The zero-order chi connectivity index (χ0) is 21.8. The van der Waals surface area contributed by atoms with E-state index in [1.54, 1.807) is 24.3 Å². The van der Waals surface area contributed by atoms with Gasteiger partial charge in [0.05, 0.1) is 17.8 Å². The maximum Gasteiger partial charge on any atom is 0.333 e. The molecule has 156 valence electrons. The lowest BCUT2D eigenvalue weighted by Gasteiger charge is -2.14. The summed E-state index contributed by atoms with van der Waals surface area (Å²) in [7, 11) is 0. The Balaban J connectivity index is 1.90. The van der Waals surface area contributed by atoms with Crippen molar-refractivity contribution in [2.45, 2.75) is 26.3 Å². The summed E-state index contributed by atoms with van der Waals surface area (Å²) in [6.07, 6.45) is 4.69. The van der Waals surface area contributed by atoms with Gasteiger partial charge in [-0.2, -0.15) is 0 Å². The van der Waals surface area contributed by atoms with Crippen LogP contribution in [0.15, 0.2) is 53.3 Å². The van der Waals surface area contributed by atoms with Crippen LogP contribution < -0.4 is 11.1 Å². The van der Waals surface area contributed by atoms with E-state index in [1.807, 2.05) is 13.8 Å². The lowest BCUT2D eigenvalue weighted by Crippen LogP contribution is -2.35. The molecule has 2 radical (unpaired) electrons. The van der Waals surface area contributed by atoms with Crippen LogP contribution >= 0.6 is 0 Å². The minimum Gasteiger partial charge on any atom is -0.479 e. The number of hydrogen-bond acceptors (Lipinski definition) is 5. The van der Waals surface area contributed by atoms with Gasteiger partial charge in [0.25, 0.3) is 5.91 Å². The summed E-state index contributed by atoms with van der Waals surface area (Å²) in [4.78, 5) is 36.8. The van der Waals surface area contributed by atoms with Crippen LogP contribution in [0.3, 0.4) is 0 Å². The lowest BCUT2D eigenvalue weighted by molar-refractivity contribution is -0.134. The Bertz CT molecular complexity index is 1050. The van der Waals surface area contributed by atoms with Gasteiger partial charge >= 0.3 is 5.97 Å². The highest BCUT2D eigenvalue weighted by atomic mass is 16.4. The minimum absolute atomic E-state index is 0.0144. The van der Waals surface area contributed by atoms with E-state index in [1.165, 1.54) is 35.6 Å². The SMILES string of the molecule is CC(C)CC(N)C(=O)n1cc([CH][C](NC(=O)c2ccco2)C(=O)O)c2ccccc21. The molecule has 4 N–H and O–H groups in total. The largest absolute Gasteiger partial charge is 0.479 e. The van der Waals surface area contributed by atoms with Gasteiger partial charge in [-0.3, -0.25) is 14.2 Å². The molecular weight excluding hydrogens is 386 g/mol. The number of hydrogen-bond donors (Lipinski definition) is 3. The molecule has 0 aliphatic carbocycles. The molecule has 2 aromatic heterocycles. The van der Waals surface area contributed by atoms with E-state index in [-0.39, 0.29) is 23.6 Å². The number of para-hydroxylation sites is 1. The first kappa shape index (κ1) is 21.3. The first-order chi connectivity index (χ1) is 14.3. The van der Waals surface area contributed by atoms with Crippen LogP contribution in [0.1, 0.15) is 41.2 Å². The molecule has 30 heavy (non-hydrogen) atoms. The summed E-state index contributed by atoms with van der Waals surface area (Å²) in [5.41, 5.74) is 7.14. The molecule has 0 spiro atoms. The number of carbonyl (C=O) groups excluding carboxylic acids is 2. The number of carboxylic acids is 1. The van der Waals surface area contributed by atoms with Crippen molar-refractivity contribution in [3.8, 4) is 0 Å². The van der Waals surface area contributed by atoms with Gasteiger partial charge in [-0.25, -0.2) is 4.79 Å². The molecule has 0 bridgehead atoms. The third-order valence-electron chi connectivity index (χ3n) is 4.55. The summed E-state index contributed by atoms with van der Waals surface area (Å²) in [5, 5.41) is 12.5. The van der Waals surface area contributed by atoms with E-state index in [2.05, 4.69) is 5.32 Å². The third kappa shape index (κ3) is 4.60. The number of benzene rings is 1. The number of amides is 1. The van der Waals surface area contributed by atoms with Crippen LogP contribution in [0.5, 0.6) is 0 Å². The van der Waals surface area contributed by atoms with Crippen molar-refractivity contribution < 1.29 is 23.9 Å². The molecule has 0 saturated carbocycles. The summed E-state index contributed by atoms with van der Waals surface area (Å²) >= 11 is 0. The van der Waals surface area contributed by atoms with Gasteiger partial charge in [0.1, 0.15) is 0 Å². The maximum absolute atomic E-state index is 12.9. The number of aromatic nitrogens is 1. The zero-order valence-electron chi connectivity index (χ0n) is 16.7. The second-order valence-electron chi connectivity index (χ2n) is 7.34. The Kier molecular flexibility index (Phi) is 6.37. The highest BCUT2D eigenvalue weighted by molar-refractivity contribution is 6.01. The number of nitrogens with zero attached hydrogens (tertiary/aromatic N) is 1. The fourth-order valence-electron chi connectivity index (χ4n) is 3.19. The topological polar surface area (TPSA) is 128 Å². The van der Waals surface area contributed by atoms with E-state index in [4.69, 9.17) is 10.2 Å². The fourth-order valence-corrected chi connectivity index (χ4v) is 3.19. The Labute approximate surface area is 173 Å².